The Kier molecular flexibility index (Phi) is 1.35. The van der Waals surface area contributed by atoms with Gasteiger partial charge in [0.1, 0.15) is 0 Å². The fourth-order valence-corrected chi connectivity index (χ4v) is 0.962. The van der Waals surface area contributed by atoms with Crippen LogP contribution in [0.2, 0.25) is 0 Å². The number of hydrogen-bond donors (Lipinski definition) is 1. The van der Waals surface area contributed by atoms with E-state index in [0.717, 1.165) is 11.5 Å². The van der Waals surface area contributed by atoms with E-state index in [-0.39, 0.29) is 0 Å². The van der Waals surface area contributed by atoms with Gasteiger partial charge in [-0.15, -0.1) is 0 Å². The minimum absolute atomic E-state index is 0.493. The predicted molar refractivity (Wildman–Crippen MR) is 32.0 cm³/mol. The topological polar surface area (TPSA) is 59.3 Å². The molecule has 0 bridgehead atoms. The third kappa shape index (κ3) is 0.996. The average Bonchev–Trinajstić information content (AvgIpc) is 2.13. The summed E-state index contributed by atoms with van der Waals surface area (Å²) in [6, 6.07) is 1.21. The number of rotatable bonds is 0. The molecule has 0 unspecified atom stereocenters. The SMILES string of the molecule is O=C(O)n1sccc1=O. The fraction of sp³-hybridized carbons (Fsp3) is 0. The highest BCUT2D eigenvalue weighted by atomic mass is 32.1. The Balaban J connectivity index is 3.24. The summed E-state index contributed by atoms with van der Waals surface area (Å²) < 4.78 is 0.653. The second-order valence-electron chi connectivity index (χ2n) is 1.32. The summed E-state index contributed by atoms with van der Waals surface area (Å²) in [4.78, 5) is 20.5. The molecule has 1 aromatic heterocycles. The van der Waals surface area contributed by atoms with Gasteiger partial charge in [-0.05, 0) is 0 Å². The van der Waals surface area contributed by atoms with E-state index in [1.165, 1.54) is 11.4 Å². The number of hydrogen-bond acceptors (Lipinski definition) is 3. The van der Waals surface area contributed by atoms with Crippen molar-refractivity contribution in [2.45, 2.75) is 0 Å². The lowest BCUT2D eigenvalue weighted by Crippen LogP contribution is -2.18. The van der Waals surface area contributed by atoms with Crippen LogP contribution in [-0.2, 0) is 0 Å². The first kappa shape index (κ1) is 6.03. The lowest BCUT2D eigenvalue weighted by Gasteiger charge is -1.84. The molecule has 1 aromatic rings. The van der Waals surface area contributed by atoms with Crippen LogP contribution in [0.25, 0.3) is 0 Å². The molecule has 0 radical (unpaired) electrons. The lowest BCUT2D eigenvalue weighted by molar-refractivity contribution is 0.198. The van der Waals surface area contributed by atoms with Crippen molar-refractivity contribution in [1.82, 2.24) is 3.96 Å². The predicted octanol–water partition coefficient (Wildman–Crippen LogP) is 0.436. The Labute approximate surface area is 54.1 Å². The van der Waals surface area contributed by atoms with Gasteiger partial charge in [0.05, 0.1) is 0 Å². The number of aromatic nitrogens is 1. The van der Waals surface area contributed by atoms with Crippen LogP contribution in [0.15, 0.2) is 16.2 Å². The van der Waals surface area contributed by atoms with Crippen molar-refractivity contribution in [1.29, 1.82) is 0 Å². The molecule has 0 aliphatic heterocycles. The maximum atomic E-state index is 10.5. The minimum atomic E-state index is -1.23. The molecule has 1 rings (SSSR count). The van der Waals surface area contributed by atoms with Gasteiger partial charge in [-0.25, -0.2) is 4.79 Å². The van der Waals surface area contributed by atoms with E-state index in [2.05, 4.69) is 0 Å². The van der Waals surface area contributed by atoms with E-state index in [9.17, 15) is 9.59 Å². The van der Waals surface area contributed by atoms with Gasteiger partial charge in [0.25, 0.3) is 5.56 Å². The molecule has 0 aromatic carbocycles. The molecule has 0 saturated carbocycles. The van der Waals surface area contributed by atoms with E-state index in [1.54, 1.807) is 0 Å². The smallest absolute Gasteiger partial charge is 0.428 e. The van der Waals surface area contributed by atoms with Crippen molar-refractivity contribution >= 4 is 17.6 Å². The van der Waals surface area contributed by atoms with Crippen LogP contribution in [0.1, 0.15) is 0 Å². The summed E-state index contributed by atoms with van der Waals surface area (Å²) in [6.07, 6.45) is -1.23. The van der Waals surface area contributed by atoms with Crippen molar-refractivity contribution in [3.63, 3.8) is 0 Å². The van der Waals surface area contributed by atoms with E-state index < -0.39 is 11.7 Å². The fourth-order valence-electron chi connectivity index (χ4n) is 0.408. The minimum Gasteiger partial charge on any atom is -0.464 e. The molecule has 1 heterocycles. The molecular weight excluding hydrogens is 142 g/mol. The molecular formula is C4H3NO3S. The van der Waals surface area contributed by atoms with E-state index >= 15 is 0 Å². The molecule has 5 heteroatoms. The summed E-state index contributed by atoms with van der Waals surface area (Å²) in [5.74, 6) is 0. The molecule has 0 aliphatic carbocycles. The molecule has 0 atom stereocenters. The van der Waals surface area contributed by atoms with Gasteiger partial charge >= 0.3 is 6.09 Å². The van der Waals surface area contributed by atoms with Gasteiger partial charge in [0.15, 0.2) is 0 Å². The standard InChI is InChI=1S/C4H3NO3S/c6-3-1-2-9-5(3)4(7)8/h1-2H,(H,7,8). The van der Waals surface area contributed by atoms with Crippen LogP contribution >= 0.6 is 11.5 Å². The zero-order chi connectivity index (χ0) is 6.85. The molecule has 0 spiro atoms. The lowest BCUT2D eigenvalue weighted by atomic mass is 10.7. The Morgan fingerprint density at radius 3 is 2.67 bits per heavy atom. The van der Waals surface area contributed by atoms with E-state index in [4.69, 9.17) is 5.11 Å². The van der Waals surface area contributed by atoms with Gasteiger partial charge in [-0.3, -0.25) is 4.79 Å². The van der Waals surface area contributed by atoms with E-state index in [0.29, 0.717) is 3.96 Å². The summed E-state index contributed by atoms with van der Waals surface area (Å²) in [5, 5.41) is 9.65. The normalized spacial score (nSPS) is 9.33. The third-order valence-corrected chi connectivity index (χ3v) is 1.56. The average molecular weight is 145 g/mol. The van der Waals surface area contributed by atoms with Crippen LogP contribution in [0.5, 0.6) is 0 Å². The number of carboxylic acid groups (broad SMARTS) is 1. The molecule has 0 aliphatic rings. The summed E-state index contributed by atoms with van der Waals surface area (Å²) in [6.45, 7) is 0. The van der Waals surface area contributed by atoms with Crippen molar-refractivity contribution in [2.24, 2.45) is 0 Å². The van der Waals surface area contributed by atoms with Gasteiger partial charge in [-0.1, -0.05) is 11.5 Å². The third-order valence-electron chi connectivity index (χ3n) is 0.751. The Morgan fingerprint density at radius 2 is 2.44 bits per heavy atom. The molecule has 9 heavy (non-hydrogen) atoms. The zero-order valence-electron chi connectivity index (χ0n) is 4.27. The van der Waals surface area contributed by atoms with Gasteiger partial charge in [0.2, 0.25) is 0 Å². The highest BCUT2D eigenvalue weighted by molar-refractivity contribution is 7.05. The molecule has 1 N–H and O–H groups in total. The molecule has 0 amide bonds. The molecule has 48 valence electrons. The maximum absolute atomic E-state index is 10.5. The molecule has 0 saturated heterocycles. The summed E-state index contributed by atoms with van der Waals surface area (Å²) >= 11 is 0.862. The van der Waals surface area contributed by atoms with Gasteiger partial charge in [0, 0.05) is 11.4 Å². The Bertz CT molecular complexity index is 273. The van der Waals surface area contributed by atoms with Crippen molar-refractivity contribution in [3.8, 4) is 0 Å². The van der Waals surface area contributed by atoms with Gasteiger partial charge in [-0.2, -0.15) is 3.96 Å². The molecule has 4 nitrogen and oxygen atoms in total. The van der Waals surface area contributed by atoms with Crippen LogP contribution in [-0.4, -0.2) is 15.2 Å². The second-order valence-corrected chi connectivity index (χ2v) is 2.17. The Morgan fingerprint density at radius 1 is 1.78 bits per heavy atom. The van der Waals surface area contributed by atoms with Crippen molar-refractivity contribution < 1.29 is 9.90 Å². The van der Waals surface area contributed by atoms with Crippen LogP contribution in [0.4, 0.5) is 4.79 Å². The second kappa shape index (κ2) is 2.02. The number of nitrogens with zero attached hydrogens (tertiary/aromatic N) is 1. The first-order valence-electron chi connectivity index (χ1n) is 2.12. The summed E-state index contributed by atoms with van der Waals surface area (Å²) in [7, 11) is 0. The highest BCUT2D eigenvalue weighted by Gasteiger charge is 2.02. The van der Waals surface area contributed by atoms with Crippen LogP contribution in [0, 0.1) is 0 Å². The van der Waals surface area contributed by atoms with Crippen LogP contribution in [0.3, 0.4) is 0 Å². The van der Waals surface area contributed by atoms with Crippen LogP contribution < -0.4 is 5.56 Å². The molecule has 0 fully saturated rings. The van der Waals surface area contributed by atoms with Gasteiger partial charge < -0.3 is 5.11 Å². The highest BCUT2D eigenvalue weighted by Crippen LogP contribution is 1.89. The zero-order valence-corrected chi connectivity index (χ0v) is 5.09. The van der Waals surface area contributed by atoms with Crippen molar-refractivity contribution in [3.05, 3.63) is 21.8 Å². The number of carbonyl (C=O) groups is 1. The maximum Gasteiger partial charge on any atom is 0.428 e. The van der Waals surface area contributed by atoms with Crippen molar-refractivity contribution in [2.75, 3.05) is 0 Å². The monoisotopic (exact) mass is 145 g/mol. The first-order valence-corrected chi connectivity index (χ1v) is 2.96. The largest absolute Gasteiger partial charge is 0.464 e. The quantitative estimate of drug-likeness (QED) is 0.576. The summed E-state index contributed by atoms with van der Waals surface area (Å²) in [5.41, 5.74) is -0.493. The first-order chi connectivity index (χ1) is 4.22. The van der Waals surface area contributed by atoms with E-state index in [1.807, 2.05) is 0 Å². The Hall–Kier alpha value is -1.10.